The highest BCUT2D eigenvalue weighted by Gasteiger charge is 2.14. The van der Waals surface area contributed by atoms with Crippen LogP contribution < -0.4 is 5.32 Å². The number of carbonyl (C=O) groups is 2. The molecule has 0 bridgehead atoms. The number of rotatable bonds is 4. The van der Waals surface area contributed by atoms with E-state index in [2.05, 4.69) is 10.1 Å². The van der Waals surface area contributed by atoms with E-state index in [-0.39, 0.29) is 17.9 Å². The molecule has 0 fully saturated rings. The van der Waals surface area contributed by atoms with Gasteiger partial charge in [-0.05, 0) is 12.1 Å². The number of anilines is 1. The number of hydrogen-bond acceptors (Lipinski definition) is 4. The molecule has 16 heavy (non-hydrogen) atoms. The minimum absolute atomic E-state index is 0.0435. The lowest BCUT2D eigenvalue weighted by Crippen LogP contribution is -2.17. The largest absolute Gasteiger partial charge is 0.505 e. The zero-order valence-electron chi connectivity index (χ0n) is 8.56. The van der Waals surface area contributed by atoms with Gasteiger partial charge in [-0.25, -0.2) is 4.79 Å². The summed E-state index contributed by atoms with van der Waals surface area (Å²) in [4.78, 5) is 21.8. The van der Waals surface area contributed by atoms with Gasteiger partial charge in [0.25, 0.3) is 0 Å². The first-order valence-corrected chi connectivity index (χ1v) is 4.40. The number of carbonyl (C=O) groups excluding carboxylic acids is 1. The Bertz CT molecular complexity index is 416. The molecule has 3 N–H and O–H groups in total. The van der Waals surface area contributed by atoms with Crippen molar-refractivity contribution in [2.75, 3.05) is 19.0 Å². The van der Waals surface area contributed by atoms with Gasteiger partial charge in [-0.15, -0.1) is 0 Å². The topological polar surface area (TPSA) is 95.9 Å². The van der Waals surface area contributed by atoms with Gasteiger partial charge in [-0.3, -0.25) is 4.79 Å². The van der Waals surface area contributed by atoms with Crippen LogP contribution in [0.25, 0.3) is 0 Å². The van der Waals surface area contributed by atoms with Crippen molar-refractivity contribution in [1.29, 1.82) is 0 Å². The number of amides is 1. The van der Waals surface area contributed by atoms with Crippen molar-refractivity contribution in [2.24, 2.45) is 0 Å². The van der Waals surface area contributed by atoms with E-state index in [0.29, 0.717) is 0 Å². The fourth-order valence-corrected chi connectivity index (χ4v) is 1.13. The smallest absolute Gasteiger partial charge is 0.339 e. The highest BCUT2D eigenvalue weighted by atomic mass is 16.5. The van der Waals surface area contributed by atoms with Crippen LogP contribution in [0.1, 0.15) is 10.4 Å². The molecule has 1 amide bonds. The average molecular weight is 225 g/mol. The number of para-hydroxylation sites is 1. The van der Waals surface area contributed by atoms with Crippen molar-refractivity contribution >= 4 is 17.6 Å². The van der Waals surface area contributed by atoms with E-state index in [1.807, 2.05) is 0 Å². The third kappa shape index (κ3) is 2.71. The maximum Gasteiger partial charge on any atom is 0.339 e. The quantitative estimate of drug-likeness (QED) is 0.654. The van der Waals surface area contributed by atoms with Gasteiger partial charge >= 0.3 is 5.97 Å². The van der Waals surface area contributed by atoms with Gasteiger partial charge in [-0.2, -0.15) is 0 Å². The van der Waals surface area contributed by atoms with Crippen molar-refractivity contribution in [2.45, 2.75) is 0 Å². The van der Waals surface area contributed by atoms with E-state index in [1.54, 1.807) is 0 Å². The number of carboxylic acid groups (broad SMARTS) is 1. The van der Waals surface area contributed by atoms with Crippen molar-refractivity contribution in [1.82, 2.24) is 0 Å². The van der Waals surface area contributed by atoms with Crippen LogP contribution >= 0.6 is 0 Å². The van der Waals surface area contributed by atoms with Gasteiger partial charge in [-0.1, -0.05) is 6.07 Å². The monoisotopic (exact) mass is 225 g/mol. The molecular formula is C10H11NO5. The molecular weight excluding hydrogens is 214 g/mol. The molecule has 6 nitrogen and oxygen atoms in total. The molecule has 0 saturated heterocycles. The summed E-state index contributed by atoms with van der Waals surface area (Å²) >= 11 is 0. The van der Waals surface area contributed by atoms with E-state index in [0.717, 1.165) is 0 Å². The van der Waals surface area contributed by atoms with Gasteiger partial charge < -0.3 is 20.3 Å². The predicted octanol–water partition coefficient (Wildman–Crippen LogP) is 0.675. The number of hydrogen-bond donors (Lipinski definition) is 3. The molecule has 0 heterocycles. The highest BCUT2D eigenvalue weighted by Crippen LogP contribution is 2.27. The van der Waals surface area contributed by atoms with Crippen LogP contribution in [0.2, 0.25) is 0 Å². The maximum atomic E-state index is 11.2. The van der Waals surface area contributed by atoms with Crippen LogP contribution in [-0.4, -0.2) is 35.8 Å². The maximum absolute atomic E-state index is 11.2. The minimum atomic E-state index is -1.26. The Balaban J connectivity index is 2.93. The lowest BCUT2D eigenvalue weighted by Gasteiger charge is -2.08. The summed E-state index contributed by atoms with van der Waals surface area (Å²) in [6.45, 7) is -0.170. The van der Waals surface area contributed by atoms with Gasteiger partial charge in [0.15, 0.2) is 5.75 Å². The number of methoxy groups -OCH3 is 1. The molecule has 0 aliphatic carbocycles. The lowest BCUT2D eigenvalue weighted by atomic mass is 10.1. The van der Waals surface area contributed by atoms with Crippen LogP contribution in [0.5, 0.6) is 5.75 Å². The molecule has 6 heteroatoms. The molecule has 0 spiro atoms. The van der Waals surface area contributed by atoms with Crippen molar-refractivity contribution in [3.05, 3.63) is 23.8 Å². The van der Waals surface area contributed by atoms with E-state index < -0.39 is 17.6 Å². The standard InChI is InChI=1S/C10H11NO5/c1-16-5-8(12)11-7-4-2-3-6(9(7)13)10(14)15/h2-4,13H,5H2,1H3,(H,11,12)(H,14,15). The summed E-state index contributed by atoms with van der Waals surface area (Å²) in [7, 11) is 1.35. The molecule has 0 aliphatic heterocycles. The Kier molecular flexibility index (Phi) is 3.84. The van der Waals surface area contributed by atoms with E-state index in [4.69, 9.17) is 5.11 Å². The first-order valence-electron chi connectivity index (χ1n) is 4.40. The van der Waals surface area contributed by atoms with E-state index in [1.165, 1.54) is 25.3 Å². The van der Waals surface area contributed by atoms with Crippen molar-refractivity contribution < 1.29 is 24.5 Å². The first-order chi connectivity index (χ1) is 7.56. The SMILES string of the molecule is COCC(=O)Nc1cccc(C(=O)O)c1O. The van der Waals surface area contributed by atoms with E-state index >= 15 is 0 Å². The summed E-state index contributed by atoms with van der Waals surface area (Å²) in [5.41, 5.74) is -0.225. The molecule has 0 aromatic heterocycles. The lowest BCUT2D eigenvalue weighted by molar-refractivity contribution is -0.119. The van der Waals surface area contributed by atoms with Gasteiger partial charge in [0.1, 0.15) is 12.2 Å². The van der Waals surface area contributed by atoms with Crippen molar-refractivity contribution in [3.8, 4) is 5.75 Å². The number of nitrogens with one attached hydrogen (secondary N) is 1. The number of benzene rings is 1. The van der Waals surface area contributed by atoms with Gasteiger partial charge in [0.2, 0.25) is 5.91 Å². The summed E-state index contributed by atoms with van der Waals surface area (Å²) < 4.78 is 4.58. The first kappa shape index (κ1) is 12.0. The molecule has 0 unspecified atom stereocenters. The zero-order chi connectivity index (χ0) is 12.1. The van der Waals surface area contributed by atoms with Crippen LogP contribution in [0, 0.1) is 0 Å². The van der Waals surface area contributed by atoms with Crippen molar-refractivity contribution in [3.63, 3.8) is 0 Å². The fourth-order valence-electron chi connectivity index (χ4n) is 1.13. The predicted molar refractivity (Wildman–Crippen MR) is 55.6 cm³/mol. The third-order valence-corrected chi connectivity index (χ3v) is 1.82. The molecule has 1 rings (SSSR count). The average Bonchev–Trinajstić information content (AvgIpc) is 2.21. The molecule has 0 aliphatic rings. The number of carboxylic acids is 1. The Hall–Kier alpha value is -2.08. The summed E-state index contributed by atoms with van der Waals surface area (Å²) in [6, 6.07) is 4.06. The number of aromatic carboxylic acids is 1. The second-order valence-corrected chi connectivity index (χ2v) is 2.99. The molecule has 86 valence electrons. The van der Waals surface area contributed by atoms with Crippen LogP contribution in [0.4, 0.5) is 5.69 Å². The second-order valence-electron chi connectivity index (χ2n) is 2.99. The number of aromatic hydroxyl groups is 1. The molecule has 0 atom stereocenters. The minimum Gasteiger partial charge on any atom is -0.505 e. The van der Waals surface area contributed by atoms with Crippen LogP contribution in [0.15, 0.2) is 18.2 Å². The van der Waals surface area contributed by atoms with Crippen LogP contribution in [-0.2, 0) is 9.53 Å². The Morgan fingerprint density at radius 2 is 2.12 bits per heavy atom. The summed E-state index contributed by atoms with van der Waals surface area (Å²) in [6.07, 6.45) is 0. The second kappa shape index (κ2) is 5.13. The fraction of sp³-hybridized carbons (Fsp3) is 0.200. The molecule has 0 radical (unpaired) electrons. The summed E-state index contributed by atoms with van der Waals surface area (Å²) in [5, 5.41) is 20.6. The molecule has 1 aromatic rings. The zero-order valence-corrected chi connectivity index (χ0v) is 8.56. The third-order valence-electron chi connectivity index (χ3n) is 1.82. The number of ether oxygens (including phenoxy) is 1. The Labute approximate surface area is 91.5 Å². The number of phenols is 1. The molecule has 0 saturated carbocycles. The van der Waals surface area contributed by atoms with E-state index in [9.17, 15) is 14.7 Å². The Morgan fingerprint density at radius 3 is 2.69 bits per heavy atom. The summed E-state index contributed by atoms with van der Waals surface area (Å²) in [5.74, 6) is -2.21. The van der Waals surface area contributed by atoms with Gasteiger partial charge in [0.05, 0.1) is 5.69 Å². The van der Waals surface area contributed by atoms with Crippen LogP contribution in [0.3, 0.4) is 0 Å². The highest BCUT2D eigenvalue weighted by molar-refractivity contribution is 5.98. The Morgan fingerprint density at radius 1 is 1.44 bits per heavy atom. The van der Waals surface area contributed by atoms with Gasteiger partial charge in [0, 0.05) is 7.11 Å². The normalized spacial score (nSPS) is 9.81. The molecule has 1 aromatic carbocycles.